The summed E-state index contributed by atoms with van der Waals surface area (Å²) in [7, 11) is 0. The molecule has 0 saturated heterocycles. The molecular formula is C16H10N4OS. The summed E-state index contributed by atoms with van der Waals surface area (Å²) >= 11 is 1.65. The monoisotopic (exact) mass is 306 g/mol. The smallest absolute Gasteiger partial charge is 0.259 e. The van der Waals surface area contributed by atoms with Crippen LogP contribution in [0.3, 0.4) is 0 Å². The largest absolute Gasteiger partial charge is 0.333 e. The lowest BCUT2D eigenvalue weighted by molar-refractivity contribution is 0.432. The van der Waals surface area contributed by atoms with Crippen LogP contribution in [0, 0.1) is 0 Å². The fourth-order valence-corrected chi connectivity index (χ4v) is 2.75. The summed E-state index contributed by atoms with van der Waals surface area (Å²) in [4.78, 5) is 12.9. The Balaban J connectivity index is 1.71. The molecule has 4 rings (SSSR count). The Morgan fingerprint density at radius 3 is 2.77 bits per heavy atom. The van der Waals surface area contributed by atoms with Gasteiger partial charge in [0.15, 0.2) is 0 Å². The van der Waals surface area contributed by atoms with Gasteiger partial charge >= 0.3 is 0 Å². The highest BCUT2D eigenvalue weighted by Gasteiger charge is 2.12. The normalized spacial score (nSPS) is 10.7. The first-order chi connectivity index (χ1) is 10.9. The Morgan fingerprint density at radius 2 is 1.95 bits per heavy atom. The van der Waals surface area contributed by atoms with E-state index in [-0.39, 0.29) is 0 Å². The second-order valence-corrected chi connectivity index (χ2v) is 5.39. The third-order valence-corrected chi connectivity index (χ3v) is 3.84. The zero-order valence-electron chi connectivity index (χ0n) is 11.4. The fraction of sp³-hybridized carbons (Fsp3) is 0. The van der Waals surface area contributed by atoms with E-state index in [1.165, 1.54) is 0 Å². The van der Waals surface area contributed by atoms with Crippen LogP contribution in [0.2, 0.25) is 0 Å². The van der Waals surface area contributed by atoms with Gasteiger partial charge in [-0.1, -0.05) is 11.2 Å². The molecule has 5 nitrogen and oxygen atoms in total. The van der Waals surface area contributed by atoms with Crippen LogP contribution in [0.1, 0.15) is 0 Å². The van der Waals surface area contributed by atoms with E-state index in [9.17, 15) is 0 Å². The maximum Gasteiger partial charge on any atom is 0.259 e. The summed E-state index contributed by atoms with van der Waals surface area (Å²) in [5.74, 6) is 0.904. The summed E-state index contributed by atoms with van der Waals surface area (Å²) in [5.41, 5.74) is 3.62. The average molecular weight is 306 g/mol. The number of aromatic nitrogens is 4. The Kier molecular flexibility index (Phi) is 3.21. The maximum absolute atomic E-state index is 5.34. The van der Waals surface area contributed by atoms with Crippen LogP contribution in [0.25, 0.3) is 34.1 Å². The minimum absolute atomic E-state index is 0.435. The Morgan fingerprint density at radius 1 is 1.00 bits per heavy atom. The molecular weight excluding hydrogens is 296 g/mol. The van der Waals surface area contributed by atoms with Crippen LogP contribution in [0.4, 0.5) is 0 Å². The zero-order chi connectivity index (χ0) is 14.8. The van der Waals surface area contributed by atoms with E-state index in [4.69, 9.17) is 4.52 Å². The highest BCUT2D eigenvalue weighted by molar-refractivity contribution is 7.08. The lowest BCUT2D eigenvalue weighted by atomic mass is 10.1. The average Bonchev–Trinajstić information content (AvgIpc) is 3.28. The number of nitrogens with zero attached hydrogens (tertiary/aromatic N) is 4. The van der Waals surface area contributed by atoms with Crippen LogP contribution in [-0.4, -0.2) is 20.1 Å². The molecule has 0 amide bonds. The molecule has 0 saturated carbocycles. The van der Waals surface area contributed by atoms with Crippen molar-refractivity contribution in [2.45, 2.75) is 0 Å². The molecule has 0 unspecified atom stereocenters. The molecule has 106 valence electrons. The molecule has 0 aromatic carbocycles. The third-order valence-electron chi connectivity index (χ3n) is 3.16. The first kappa shape index (κ1) is 12.8. The van der Waals surface area contributed by atoms with E-state index in [1.54, 1.807) is 23.7 Å². The van der Waals surface area contributed by atoms with Crippen LogP contribution >= 0.6 is 11.3 Å². The van der Waals surface area contributed by atoms with Crippen LogP contribution in [0.5, 0.6) is 0 Å². The van der Waals surface area contributed by atoms with Crippen molar-refractivity contribution in [3.8, 4) is 34.1 Å². The molecule has 0 aliphatic heterocycles. The van der Waals surface area contributed by atoms with Gasteiger partial charge in [-0.25, -0.2) is 0 Å². The van der Waals surface area contributed by atoms with Gasteiger partial charge in [0.25, 0.3) is 5.89 Å². The van der Waals surface area contributed by atoms with Crippen molar-refractivity contribution in [1.29, 1.82) is 0 Å². The summed E-state index contributed by atoms with van der Waals surface area (Å²) in [6.07, 6.45) is 5.23. The molecule has 0 N–H and O–H groups in total. The SMILES string of the molecule is c1ccc(-c2noc(-c3cncc(-c4ccsc4)c3)n2)nc1. The van der Waals surface area contributed by atoms with Gasteiger partial charge in [-0.15, -0.1) is 0 Å². The fourth-order valence-electron chi connectivity index (χ4n) is 2.08. The van der Waals surface area contributed by atoms with Gasteiger partial charge in [0.1, 0.15) is 5.69 Å². The van der Waals surface area contributed by atoms with Gasteiger partial charge in [0.2, 0.25) is 5.82 Å². The van der Waals surface area contributed by atoms with E-state index in [1.807, 2.05) is 35.8 Å². The second kappa shape index (κ2) is 5.50. The van der Waals surface area contributed by atoms with E-state index < -0.39 is 0 Å². The molecule has 0 fully saturated rings. The lowest BCUT2D eigenvalue weighted by Crippen LogP contribution is -1.85. The van der Waals surface area contributed by atoms with Crippen LogP contribution < -0.4 is 0 Å². The van der Waals surface area contributed by atoms with Crippen molar-refractivity contribution in [2.24, 2.45) is 0 Å². The predicted molar refractivity (Wildman–Crippen MR) is 84.1 cm³/mol. The molecule has 0 aliphatic carbocycles. The van der Waals surface area contributed by atoms with Crippen molar-refractivity contribution < 1.29 is 4.52 Å². The summed E-state index contributed by atoms with van der Waals surface area (Å²) in [6, 6.07) is 9.62. The topological polar surface area (TPSA) is 64.7 Å². The van der Waals surface area contributed by atoms with Crippen molar-refractivity contribution >= 4 is 11.3 Å². The molecule has 0 radical (unpaired) electrons. The molecule has 0 bridgehead atoms. The number of thiophene rings is 1. The minimum atomic E-state index is 0.435. The van der Waals surface area contributed by atoms with E-state index in [0.29, 0.717) is 17.4 Å². The van der Waals surface area contributed by atoms with Crippen molar-refractivity contribution in [1.82, 2.24) is 20.1 Å². The minimum Gasteiger partial charge on any atom is -0.333 e. The molecule has 0 spiro atoms. The van der Waals surface area contributed by atoms with Gasteiger partial charge < -0.3 is 4.52 Å². The Bertz CT molecular complexity index is 887. The third kappa shape index (κ3) is 2.40. The van der Waals surface area contributed by atoms with E-state index in [0.717, 1.165) is 16.7 Å². The van der Waals surface area contributed by atoms with Crippen molar-refractivity contribution in [3.05, 3.63) is 59.7 Å². The highest BCUT2D eigenvalue weighted by Crippen LogP contribution is 2.26. The molecule has 6 heteroatoms. The van der Waals surface area contributed by atoms with Gasteiger partial charge in [-0.3, -0.25) is 9.97 Å². The zero-order valence-corrected chi connectivity index (χ0v) is 12.2. The van der Waals surface area contributed by atoms with Crippen molar-refractivity contribution in [2.75, 3.05) is 0 Å². The molecule has 0 aliphatic rings. The van der Waals surface area contributed by atoms with Gasteiger partial charge in [-0.05, 0) is 40.6 Å². The number of hydrogen-bond acceptors (Lipinski definition) is 6. The molecule has 22 heavy (non-hydrogen) atoms. The molecule has 0 atom stereocenters. The lowest BCUT2D eigenvalue weighted by Gasteiger charge is -1.99. The number of rotatable bonds is 3. The first-order valence-corrected chi connectivity index (χ1v) is 7.57. The number of hydrogen-bond donors (Lipinski definition) is 0. The quantitative estimate of drug-likeness (QED) is 0.574. The van der Waals surface area contributed by atoms with Gasteiger partial charge in [0.05, 0.1) is 5.56 Å². The van der Waals surface area contributed by atoms with E-state index >= 15 is 0 Å². The van der Waals surface area contributed by atoms with Gasteiger partial charge in [-0.2, -0.15) is 16.3 Å². The van der Waals surface area contributed by atoms with E-state index in [2.05, 4.69) is 31.6 Å². The predicted octanol–water partition coefficient (Wildman–Crippen LogP) is 3.92. The Hall–Kier alpha value is -2.86. The van der Waals surface area contributed by atoms with Crippen LogP contribution in [-0.2, 0) is 0 Å². The maximum atomic E-state index is 5.34. The summed E-state index contributed by atoms with van der Waals surface area (Å²) < 4.78 is 5.34. The summed E-state index contributed by atoms with van der Waals surface area (Å²) in [6.45, 7) is 0. The molecule has 4 heterocycles. The van der Waals surface area contributed by atoms with Crippen LogP contribution in [0.15, 0.2) is 64.2 Å². The highest BCUT2D eigenvalue weighted by atomic mass is 32.1. The summed E-state index contributed by atoms with van der Waals surface area (Å²) in [5, 5.41) is 8.09. The first-order valence-electron chi connectivity index (χ1n) is 6.63. The molecule has 4 aromatic heterocycles. The molecule has 4 aromatic rings. The number of pyridine rings is 2. The van der Waals surface area contributed by atoms with Gasteiger partial charge in [0, 0.05) is 24.2 Å². The Labute approximate surface area is 130 Å². The van der Waals surface area contributed by atoms with Crippen molar-refractivity contribution in [3.63, 3.8) is 0 Å². The standard InChI is InChI=1S/C16H10N4OS/c1-2-5-18-14(3-1)15-19-16(21-20-15)13-7-12(8-17-9-13)11-4-6-22-10-11/h1-10H. The second-order valence-electron chi connectivity index (χ2n) is 4.61.